The molecule has 2 heteroatoms. The van der Waals surface area contributed by atoms with Crippen LogP contribution in [0.3, 0.4) is 0 Å². The minimum absolute atomic E-state index is 1.28. The second kappa shape index (κ2) is 3.21. The van der Waals surface area contributed by atoms with Crippen LogP contribution in [-0.2, 0) is 0 Å². The zero-order valence-corrected chi connectivity index (χ0v) is 9.99. The summed E-state index contributed by atoms with van der Waals surface area (Å²) in [5.41, 5.74) is 1.36. The number of benzene rings is 1. The van der Waals surface area contributed by atoms with E-state index in [-0.39, 0.29) is 0 Å². The standard InChI is InChI=1S/C12H16NSi/c1-14(2,3)13-10-6-8-11-7-4-5-9-12(11)13/h4-10H,1-3H3/q+1. The highest BCUT2D eigenvalue weighted by molar-refractivity contribution is 6.67. The Balaban J connectivity index is 2.78. The van der Waals surface area contributed by atoms with Crippen LogP contribution in [0.25, 0.3) is 10.9 Å². The van der Waals surface area contributed by atoms with Gasteiger partial charge in [0.25, 0.3) is 0 Å². The Morgan fingerprint density at radius 2 is 1.57 bits per heavy atom. The van der Waals surface area contributed by atoms with Crippen molar-refractivity contribution in [2.75, 3.05) is 0 Å². The number of hydrogen-bond acceptors (Lipinski definition) is 0. The molecule has 0 N–H and O–H groups in total. The highest BCUT2D eigenvalue weighted by atomic mass is 28.3. The number of pyridine rings is 1. The van der Waals surface area contributed by atoms with E-state index in [1.807, 2.05) is 0 Å². The van der Waals surface area contributed by atoms with Crippen LogP contribution < -0.4 is 4.23 Å². The van der Waals surface area contributed by atoms with Crippen molar-refractivity contribution in [1.29, 1.82) is 0 Å². The molecule has 0 aliphatic heterocycles. The molecule has 0 saturated heterocycles. The van der Waals surface area contributed by atoms with Gasteiger partial charge in [-0.2, -0.15) is 0 Å². The number of fused-ring (bicyclic) bond motifs is 1. The van der Waals surface area contributed by atoms with E-state index in [2.05, 4.69) is 66.5 Å². The summed E-state index contributed by atoms with van der Waals surface area (Å²) < 4.78 is 2.45. The predicted octanol–water partition coefficient (Wildman–Crippen LogP) is 2.81. The maximum absolute atomic E-state index is 2.45. The molecule has 0 spiro atoms. The lowest BCUT2D eigenvalue weighted by molar-refractivity contribution is -0.515. The Hall–Kier alpha value is -1.15. The topological polar surface area (TPSA) is 3.88 Å². The van der Waals surface area contributed by atoms with Gasteiger partial charge in [0.15, 0.2) is 5.52 Å². The molecule has 0 saturated carbocycles. The molecule has 2 aromatic rings. The quantitative estimate of drug-likeness (QED) is 0.626. The van der Waals surface area contributed by atoms with Crippen molar-refractivity contribution >= 4 is 19.1 Å². The molecule has 0 atom stereocenters. The second-order valence-electron chi connectivity index (χ2n) is 4.61. The van der Waals surface area contributed by atoms with Crippen molar-refractivity contribution in [2.24, 2.45) is 0 Å². The van der Waals surface area contributed by atoms with Gasteiger partial charge < -0.3 is 0 Å². The molecule has 1 nitrogen and oxygen atoms in total. The van der Waals surface area contributed by atoms with Gasteiger partial charge in [-0.05, 0) is 31.8 Å². The van der Waals surface area contributed by atoms with Crippen LogP contribution in [0.5, 0.6) is 0 Å². The normalized spacial score (nSPS) is 11.9. The van der Waals surface area contributed by atoms with Crippen LogP contribution in [0, 0.1) is 0 Å². The van der Waals surface area contributed by atoms with Crippen molar-refractivity contribution in [2.45, 2.75) is 19.6 Å². The lowest BCUT2D eigenvalue weighted by atomic mass is 10.2. The summed E-state index contributed by atoms with van der Waals surface area (Å²) in [4.78, 5) is 0. The summed E-state index contributed by atoms with van der Waals surface area (Å²) in [6.45, 7) is 7.08. The molecule has 0 bridgehead atoms. The van der Waals surface area contributed by atoms with Crippen molar-refractivity contribution in [3.8, 4) is 0 Å². The van der Waals surface area contributed by atoms with Gasteiger partial charge in [0, 0.05) is 17.5 Å². The second-order valence-corrected chi connectivity index (χ2v) is 9.43. The summed E-state index contributed by atoms with van der Waals surface area (Å²) >= 11 is 0. The first-order valence-corrected chi connectivity index (χ1v) is 8.44. The van der Waals surface area contributed by atoms with Crippen molar-refractivity contribution in [3.05, 3.63) is 42.6 Å². The molecule has 1 aromatic carbocycles. The Kier molecular flexibility index (Phi) is 2.15. The third kappa shape index (κ3) is 1.57. The molecule has 0 amide bonds. The van der Waals surface area contributed by atoms with Gasteiger partial charge in [0.2, 0.25) is 0 Å². The molecule has 1 heterocycles. The lowest BCUT2D eigenvalue weighted by Crippen LogP contribution is -2.58. The fourth-order valence-electron chi connectivity index (χ4n) is 1.75. The maximum atomic E-state index is 2.45. The highest BCUT2D eigenvalue weighted by Crippen LogP contribution is 2.10. The van der Waals surface area contributed by atoms with E-state index in [1.165, 1.54) is 10.9 Å². The molecule has 72 valence electrons. The fourth-order valence-corrected chi connectivity index (χ4v) is 3.21. The van der Waals surface area contributed by atoms with Crippen LogP contribution in [-0.4, -0.2) is 8.24 Å². The fraction of sp³-hybridized carbons (Fsp3) is 0.250. The third-order valence-electron chi connectivity index (χ3n) is 2.43. The van der Waals surface area contributed by atoms with E-state index < -0.39 is 8.24 Å². The molecular weight excluding hydrogens is 186 g/mol. The highest BCUT2D eigenvalue weighted by Gasteiger charge is 2.28. The maximum Gasteiger partial charge on any atom is 0.354 e. The summed E-state index contributed by atoms with van der Waals surface area (Å²) in [7, 11) is -1.28. The van der Waals surface area contributed by atoms with Crippen LogP contribution in [0.2, 0.25) is 19.6 Å². The van der Waals surface area contributed by atoms with Crippen LogP contribution >= 0.6 is 0 Å². The SMILES string of the molecule is C[Si](C)(C)[n+]1cccc2ccccc21. The minimum Gasteiger partial charge on any atom is -0.273 e. The van der Waals surface area contributed by atoms with Gasteiger partial charge in [-0.3, -0.25) is 4.23 Å². The molecule has 14 heavy (non-hydrogen) atoms. The Labute approximate surface area is 86.1 Å². The van der Waals surface area contributed by atoms with Gasteiger partial charge in [0.05, 0.1) is 0 Å². The van der Waals surface area contributed by atoms with E-state index in [4.69, 9.17) is 0 Å². The number of nitrogens with zero attached hydrogens (tertiary/aromatic N) is 1. The van der Waals surface area contributed by atoms with Gasteiger partial charge in [-0.1, -0.05) is 12.1 Å². The summed E-state index contributed by atoms with van der Waals surface area (Å²) in [5, 5.41) is 1.33. The molecule has 2 rings (SSSR count). The molecule has 0 unspecified atom stereocenters. The number of hydrogen-bond donors (Lipinski definition) is 0. The van der Waals surface area contributed by atoms with Crippen molar-refractivity contribution in [1.82, 2.24) is 0 Å². The van der Waals surface area contributed by atoms with Crippen LogP contribution in [0.15, 0.2) is 42.6 Å². The Morgan fingerprint density at radius 1 is 0.929 bits per heavy atom. The van der Waals surface area contributed by atoms with Gasteiger partial charge in [0.1, 0.15) is 6.20 Å². The Bertz CT molecular complexity index is 452. The minimum atomic E-state index is -1.28. The van der Waals surface area contributed by atoms with E-state index in [1.54, 1.807) is 0 Å². The summed E-state index contributed by atoms with van der Waals surface area (Å²) in [6, 6.07) is 12.9. The van der Waals surface area contributed by atoms with Crippen LogP contribution in [0.4, 0.5) is 0 Å². The number of rotatable bonds is 1. The van der Waals surface area contributed by atoms with E-state index >= 15 is 0 Å². The first-order valence-electron chi connectivity index (χ1n) is 4.99. The molecule has 0 aliphatic rings. The average molecular weight is 202 g/mol. The smallest absolute Gasteiger partial charge is 0.273 e. The molecule has 0 fully saturated rings. The molecule has 0 radical (unpaired) electrons. The lowest BCUT2D eigenvalue weighted by Gasteiger charge is -2.11. The number of aromatic nitrogens is 1. The zero-order chi connectivity index (χ0) is 10.2. The van der Waals surface area contributed by atoms with E-state index in [0.29, 0.717) is 0 Å². The summed E-state index contributed by atoms with van der Waals surface area (Å²) in [5.74, 6) is 0. The first-order chi connectivity index (χ1) is 6.59. The van der Waals surface area contributed by atoms with Crippen LogP contribution in [0.1, 0.15) is 0 Å². The molecular formula is C12H16NSi+. The van der Waals surface area contributed by atoms with E-state index in [9.17, 15) is 0 Å². The first kappa shape index (κ1) is 9.40. The van der Waals surface area contributed by atoms with Crippen molar-refractivity contribution in [3.63, 3.8) is 0 Å². The Morgan fingerprint density at radius 3 is 2.29 bits per heavy atom. The van der Waals surface area contributed by atoms with Gasteiger partial charge in [-0.25, -0.2) is 0 Å². The van der Waals surface area contributed by atoms with Gasteiger partial charge >= 0.3 is 8.24 Å². The molecule has 0 aliphatic carbocycles. The van der Waals surface area contributed by atoms with E-state index in [0.717, 1.165) is 0 Å². The van der Waals surface area contributed by atoms with Crippen molar-refractivity contribution < 1.29 is 4.23 Å². The largest absolute Gasteiger partial charge is 0.354 e. The number of para-hydroxylation sites is 1. The third-order valence-corrected chi connectivity index (χ3v) is 4.27. The van der Waals surface area contributed by atoms with Gasteiger partial charge in [-0.15, -0.1) is 0 Å². The summed E-state index contributed by atoms with van der Waals surface area (Å²) in [6.07, 6.45) is 2.20. The predicted molar refractivity (Wildman–Crippen MR) is 62.9 cm³/mol. The average Bonchev–Trinajstić information content (AvgIpc) is 2.15. The molecule has 1 aromatic heterocycles. The monoisotopic (exact) mass is 202 g/mol. The zero-order valence-electron chi connectivity index (χ0n) is 8.99.